The molecule has 1 fully saturated rings. The fourth-order valence-corrected chi connectivity index (χ4v) is 2.28. The lowest BCUT2D eigenvalue weighted by atomic mass is 10.0. The van der Waals surface area contributed by atoms with Gasteiger partial charge in [0.25, 0.3) is 0 Å². The second-order valence-corrected chi connectivity index (χ2v) is 4.95. The average molecular weight is 268 g/mol. The second-order valence-electron chi connectivity index (χ2n) is 4.95. The maximum Gasteiger partial charge on any atom is 0.226 e. The molecule has 1 amide bonds. The molecule has 1 atom stereocenters. The first-order chi connectivity index (χ1) is 9.08. The summed E-state index contributed by atoms with van der Waals surface area (Å²) < 4.78 is 27.2. The van der Waals surface area contributed by atoms with Gasteiger partial charge in [0.2, 0.25) is 5.91 Å². The normalized spacial score (nSPS) is 19.2. The van der Waals surface area contributed by atoms with Crippen LogP contribution in [-0.4, -0.2) is 18.5 Å². The zero-order valence-electron chi connectivity index (χ0n) is 10.9. The van der Waals surface area contributed by atoms with Gasteiger partial charge in [0.1, 0.15) is 11.5 Å². The Morgan fingerprint density at radius 2 is 2.21 bits per heavy atom. The molecule has 0 aliphatic carbocycles. The largest absolute Gasteiger partial charge is 0.321 e. The molecule has 19 heavy (non-hydrogen) atoms. The van der Waals surface area contributed by atoms with Gasteiger partial charge in [-0.3, -0.25) is 4.79 Å². The highest BCUT2D eigenvalue weighted by Gasteiger charge is 2.19. The number of aryl methyl sites for hydroxylation is 1. The Hall–Kier alpha value is -1.49. The van der Waals surface area contributed by atoms with E-state index < -0.39 is 11.6 Å². The molecule has 2 rings (SSSR count). The molecular formula is C14H18F2N2O. The van der Waals surface area contributed by atoms with Gasteiger partial charge in [0.05, 0.1) is 0 Å². The highest BCUT2D eigenvalue weighted by atomic mass is 19.1. The number of amides is 1. The van der Waals surface area contributed by atoms with Crippen LogP contribution in [-0.2, 0) is 4.79 Å². The van der Waals surface area contributed by atoms with Crippen molar-refractivity contribution in [2.75, 3.05) is 11.9 Å². The molecule has 0 bridgehead atoms. The van der Waals surface area contributed by atoms with Crippen molar-refractivity contribution < 1.29 is 13.6 Å². The molecule has 0 aromatic heterocycles. The van der Waals surface area contributed by atoms with E-state index in [9.17, 15) is 13.6 Å². The van der Waals surface area contributed by atoms with Crippen LogP contribution in [0.5, 0.6) is 0 Å². The predicted molar refractivity (Wildman–Crippen MR) is 70.0 cm³/mol. The number of anilines is 1. The molecule has 1 aromatic rings. The molecular weight excluding hydrogens is 250 g/mol. The van der Waals surface area contributed by atoms with Gasteiger partial charge in [-0.15, -0.1) is 0 Å². The van der Waals surface area contributed by atoms with Gasteiger partial charge >= 0.3 is 0 Å². The molecule has 1 aliphatic rings. The molecule has 3 nitrogen and oxygen atoms in total. The zero-order valence-corrected chi connectivity index (χ0v) is 10.9. The van der Waals surface area contributed by atoms with E-state index in [-0.39, 0.29) is 24.1 Å². The van der Waals surface area contributed by atoms with Crippen molar-refractivity contribution in [2.24, 2.45) is 0 Å². The fourth-order valence-electron chi connectivity index (χ4n) is 2.28. The van der Waals surface area contributed by atoms with Gasteiger partial charge in [-0.25, -0.2) is 8.78 Å². The number of benzene rings is 1. The van der Waals surface area contributed by atoms with Crippen molar-refractivity contribution in [3.8, 4) is 0 Å². The Kier molecular flexibility index (Phi) is 4.47. The molecule has 0 spiro atoms. The first-order valence-electron chi connectivity index (χ1n) is 6.56. The third-order valence-corrected chi connectivity index (χ3v) is 3.39. The minimum atomic E-state index is -0.743. The second kappa shape index (κ2) is 6.10. The number of piperidine rings is 1. The van der Waals surface area contributed by atoms with E-state index in [4.69, 9.17) is 0 Å². The van der Waals surface area contributed by atoms with Gasteiger partial charge in [-0.2, -0.15) is 0 Å². The van der Waals surface area contributed by atoms with Crippen LogP contribution in [0.2, 0.25) is 0 Å². The molecule has 1 saturated heterocycles. The number of halogens is 2. The first kappa shape index (κ1) is 13.9. The molecule has 104 valence electrons. The Morgan fingerprint density at radius 3 is 2.89 bits per heavy atom. The maximum atomic E-state index is 13.7. The number of carbonyl (C=O) groups is 1. The molecule has 1 aromatic carbocycles. The third-order valence-electron chi connectivity index (χ3n) is 3.39. The number of hydrogen-bond acceptors (Lipinski definition) is 2. The Balaban J connectivity index is 2.00. The average Bonchev–Trinajstić information content (AvgIpc) is 2.40. The van der Waals surface area contributed by atoms with E-state index in [0.717, 1.165) is 31.9 Å². The number of hydrogen-bond donors (Lipinski definition) is 2. The van der Waals surface area contributed by atoms with Crippen molar-refractivity contribution in [1.82, 2.24) is 5.32 Å². The lowest BCUT2D eigenvalue weighted by Gasteiger charge is -2.22. The van der Waals surface area contributed by atoms with Crippen LogP contribution in [0.3, 0.4) is 0 Å². The molecule has 1 aliphatic heterocycles. The van der Waals surface area contributed by atoms with Crippen LogP contribution in [0.25, 0.3) is 0 Å². The Labute approximate surface area is 111 Å². The minimum Gasteiger partial charge on any atom is -0.321 e. The monoisotopic (exact) mass is 268 g/mol. The Bertz CT molecular complexity index is 471. The minimum absolute atomic E-state index is 0.102. The van der Waals surface area contributed by atoms with Crippen LogP contribution in [0, 0.1) is 18.6 Å². The summed E-state index contributed by atoms with van der Waals surface area (Å²) in [5.41, 5.74) is -0.0340. The van der Waals surface area contributed by atoms with Crippen molar-refractivity contribution in [1.29, 1.82) is 0 Å². The topological polar surface area (TPSA) is 41.1 Å². The quantitative estimate of drug-likeness (QED) is 0.885. The molecule has 0 radical (unpaired) electrons. The maximum absolute atomic E-state index is 13.7. The van der Waals surface area contributed by atoms with Gasteiger partial charge in [-0.05, 0) is 37.9 Å². The van der Waals surface area contributed by atoms with E-state index in [2.05, 4.69) is 10.6 Å². The van der Waals surface area contributed by atoms with Gasteiger partial charge in [-0.1, -0.05) is 12.5 Å². The summed E-state index contributed by atoms with van der Waals surface area (Å²) in [5, 5.41) is 5.57. The number of rotatable bonds is 3. The van der Waals surface area contributed by atoms with E-state index in [1.54, 1.807) is 0 Å². The van der Waals surface area contributed by atoms with Crippen LogP contribution in [0.4, 0.5) is 14.5 Å². The summed E-state index contributed by atoms with van der Waals surface area (Å²) in [6.45, 7) is 2.43. The van der Waals surface area contributed by atoms with Crippen molar-refractivity contribution >= 4 is 11.6 Å². The summed E-state index contributed by atoms with van der Waals surface area (Å²) in [5.74, 6) is -1.80. The van der Waals surface area contributed by atoms with Crippen LogP contribution in [0.1, 0.15) is 31.2 Å². The summed E-state index contributed by atoms with van der Waals surface area (Å²) in [6, 6.07) is 2.61. The van der Waals surface area contributed by atoms with E-state index >= 15 is 0 Å². The number of nitrogens with one attached hydrogen (secondary N) is 2. The molecule has 5 heteroatoms. The molecule has 0 saturated carbocycles. The summed E-state index contributed by atoms with van der Waals surface area (Å²) >= 11 is 0. The van der Waals surface area contributed by atoms with Gasteiger partial charge < -0.3 is 10.6 Å². The zero-order chi connectivity index (χ0) is 13.8. The standard InChI is InChI=1S/C14H18F2N2O/c1-9-5-6-11(15)14(13(9)16)18-12(19)8-10-4-2-3-7-17-10/h5-6,10,17H,2-4,7-8H2,1H3,(H,18,19). The summed E-state index contributed by atoms with van der Waals surface area (Å²) in [7, 11) is 0. The summed E-state index contributed by atoms with van der Waals surface area (Å²) in [4.78, 5) is 11.8. The molecule has 1 unspecified atom stereocenters. The summed E-state index contributed by atoms with van der Waals surface area (Å²) in [6.07, 6.45) is 3.36. The molecule has 2 N–H and O–H groups in total. The van der Waals surface area contributed by atoms with Crippen molar-refractivity contribution in [3.05, 3.63) is 29.3 Å². The van der Waals surface area contributed by atoms with Gasteiger partial charge in [0, 0.05) is 12.5 Å². The lowest BCUT2D eigenvalue weighted by molar-refractivity contribution is -0.116. The smallest absolute Gasteiger partial charge is 0.226 e. The first-order valence-corrected chi connectivity index (χ1v) is 6.56. The van der Waals surface area contributed by atoms with Crippen molar-refractivity contribution in [2.45, 2.75) is 38.6 Å². The van der Waals surface area contributed by atoms with E-state index in [0.29, 0.717) is 5.56 Å². The van der Waals surface area contributed by atoms with Gasteiger partial charge in [0.15, 0.2) is 5.82 Å². The fraction of sp³-hybridized carbons (Fsp3) is 0.500. The third kappa shape index (κ3) is 3.50. The van der Waals surface area contributed by atoms with E-state index in [1.165, 1.54) is 13.0 Å². The van der Waals surface area contributed by atoms with Crippen LogP contribution in [0.15, 0.2) is 12.1 Å². The number of carbonyl (C=O) groups excluding carboxylic acids is 1. The molecule has 1 heterocycles. The van der Waals surface area contributed by atoms with Crippen LogP contribution < -0.4 is 10.6 Å². The lowest BCUT2D eigenvalue weighted by Crippen LogP contribution is -2.37. The van der Waals surface area contributed by atoms with Crippen LogP contribution >= 0.6 is 0 Å². The predicted octanol–water partition coefficient (Wildman–Crippen LogP) is 2.74. The van der Waals surface area contributed by atoms with E-state index in [1.807, 2.05) is 0 Å². The SMILES string of the molecule is Cc1ccc(F)c(NC(=O)CC2CCCCN2)c1F. The van der Waals surface area contributed by atoms with Crippen molar-refractivity contribution in [3.63, 3.8) is 0 Å². The highest BCUT2D eigenvalue weighted by molar-refractivity contribution is 5.91. The highest BCUT2D eigenvalue weighted by Crippen LogP contribution is 2.22. The Morgan fingerprint density at radius 1 is 1.42 bits per heavy atom.